The van der Waals surface area contributed by atoms with Gasteiger partial charge in [-0.1, -0.05) is 72.4 Å². The highest BCUT2D eigenvalue weighted by Crippen LogP contribution is 2.39. The molecule has 1 amide bonds. The van der Waals surface area contributed by atoms with Crippen molar-refractivity contribution in [2.24, 2.45) is 5.73 Å². The summed E-state index contributed by atoms with van der Waals surface area (Å²) in [7, 11) is 0. The molecule has 0 fully saturated rings. The molecule has 4 aromatic rings. The topological polar surface area (TPSA) is 99.8 Å². The predicted octanol–water partition coefficient (Wildman–Crippen LogP) is 3.88. The number of nitrogens with zero attached hydrogens (tertiary/aromatic N) is 3. The second-order valence-corrected chi connectivity index (χ2v) is 8.41. The molecule has 8 heteroatoms. The van der Waals surface area contributed by atoms with Gasteiger partial charge in [-0.05, 0) is 17.2 Å². The quantitative estimate of drug-likeness (QED) is 0.441. The van der Waals surface area contributed by atoms with Crippen molar-refractivity contribution in [3.63, 3.8) is 0 Å². The summed E-state index contributed by atoms with van der Waals surface area (Å²) in [6, 6.07) is 22.2. The number of amides is 1. The third-order valence-corrected chi connectivity index (χ3v) is 6.31. The molecule has 2 aromatic carbocycles. The maximum absolute atomic E-state index is 11.3. The Bertz CT molecular complexity index is 1120. The molecule has 0 aliphatic rings. The van der Waals surface area contributed by atoms with E-state index >= 15 is 0 Å². The molecular weight excluding hydrogens is 402 g/mol. The van der Waals surface area contributed by atoms with Crippen LogP contribution in [0.5, 0.6) is 0 Å². The number of nitrogens with two attached hydrogens (primary N) is 2. The SMILES string of the molecule is NC(=O)CSc1nnc(-c2cc(-c3ccccc3)sc2N)n1Cc1ccccc1. The number of carbonyl (C=O) groups is 1. The lowest BCUT2D eigenvalue weighted by atomic mass is 10.1. The summed E-state index contributed by atoms with van der Waals surface area (Å²) in [6.07, 6.45) is 0. The fraction of sp³-hybridized carbons (Fsp3) is 0.0952. The van der Waals surface area contributed by atoms with Gasteiger partial charge in [0.25, 0.3) is 0 Å². The number of anilines is 1. The maximum atomic E-state index is 11.3. The first-order valence-electron chi connectivity index (χ1n) is 8.95. The Morgan fingerprint density at radius 2 is 1.72 bits per heavy atom. The number of carbonyl (C=O) groups excluding carboxylic acids is 1. The van der Waals surface area contributed by atoms with Gasteiger partial charge in [-0.2, -0.15) is 0 Å². The molecule has 6 nitrogen and oxygen atoms in total. The Balaban J connectivity index is 1.75. The van der Waals surface area contributed by atoms with Crippen LogP contribution in [-0.2, 0) is 11.3 Å². The van der Waals surface area contributed by atoms with E-state index in [0.717, 1.165) is 21.6 Å². The molecule has 2 heterocycles. The molecule has 29 heavy (non-hydrogen) atoms. The minimum absolute atomic E-state index is 0.140. The zero-order valence-corrected chi connectivity index (χ0v) is 17.1. The second kappa shape index (κ2) is 8.50. The number of hydrogen-bond donors (Lipinski definition) is 2. The van der Waals surface area contributed by atoms with Crippen LogP contribution in [0.4, 0.5) is 5.00 Å². The fourth-order valence-electron chi connectivity index (χ4n) is 2.96. The van der Waals surface area contributed by atoms with E-state index in [1.165, 1.54) is 23.1 Å². The number of rotatable bonds is 7. The molecule has 0 radical (unpaired) electrons. The summed E-state index contributed by atoms with van der Waals surface area (Å²) in [5, 5.41) is 10.0. The van der Waals surface area contributed by atoms with Crippen LogP contribution < -0.4 is 11.5 Å². The molecule has 0 spiro atoms. The van der Waals surface area contributed by atoms with E-state index in [1.54, 1.807) is 0 Å². The summed E-state index contributed by atoms with van der Waals surface area (Å²) in [5.74, 6) is 0.422. The summed E-state index contributed by atoms with van der Waals surface area (Å²) in [6.45, 7) is 0.570. The van der Waals surface area contributed by atoms with E-state index in [9.17, 15) is 4.79 Å². The van der Waals surface area contributed by atoms with Gasteiger partial charge in [-0.25, -0.2) is 0 Å². The van der Waals surface area contributed by atoms with E-state index in [-0.39, 0.29) is 5.75 Å². The number of thiophene rings is 1. The first-order valence-corrected chi connectivity index (χ1v) is 10.8. The molecule has 2 aromatic heterocycles. The molecule has 0 saturated carbocycles. The number of primary amides is 1. The van der Waals surface area contributed by atoms with Gasteiger partial charge in [0.2, 0.25) is 5.91 Å². The number of benzene rings is 2. The van der Waals surface area contributed by atoms with Crippen LogP contribution in [0.25, 0.3) is 21.8 Å². The van der Waals surface area contributed by atoms with Crippen LogP contribution in [0.1, 0.15) is 5.56 Å². The average Bonchev–Trinajstić information content (AvgIpc) is 3.31. The molecule has 0 aliphatic carbocycles. The van der Waals surface area contributed by atoms with Gasteiger partial charge in [0.1, 0.15) is 0 Å². The monoisotopic (exact) mass is 421 g/mol. The van der Waals surface area contributed by atoms with E-state index in [0.29, 0.717) is 22.5 Å². The first kappa shape index (κ1) is 19.2. The van der Waals surface area contributed by atoms with Crippen molar-refractivity contribution in [2.45, 2.75) is 11.7 Å². The lowest BCUT2D eigenvalue weighted by Gasteiger charge is -2.10. The van der Waals surface area contributed by atoms with Crippen molar-refractivity contribution in [2.75, 3.05) is 11.5 Å². The van der Waals surface area contributed by atoms with Gasteiger partial charge in [-0.3, -0.25) is 9.36 Å². The normalized spacial score (nSPS) is 10.9. The third kappa shape index (κ3) is 4.33. The van der Waals surface area contributed by atoms with Gasteiger partial charge in [0.15, 0.2) is 11.0 Å². The van der Waals surface area contributed by atoms with E-state index in [1.807, 2.05) is 59.2 Å². The van der Waals surface area contributed by atoms with Crippen molar-refractivity contribution < 1.29 is 4.79 Å². The Morgan fingerprint density at radius 1 is 1.03 bits per heavy atom. The van der Waals surface area contributed by atoms with Crippen molar-refractivity contribution in [1.82, 2.24) is 14.8 Å². The molecule has 0 aliphatic heterocycles. The fourth-order valence-corrected chi connectivity index (χ4v) is 4.57. The van der Waals surface area contributed by atoms with Gasteiger partial charge in [0, 0.05) is 4.88 Å². The van der Waals surface area contributed by atoms with Crippen LogP contribution in [0.2, 0.25) is 0 Å². The maximum Gasteiger partial charge on any atom is 0.227 e. The summed E-state index contributed by atoms with van der Waals surface area (Å²) in [5.41, 5.74) is 14.7. The highest BCUT2D eigenvalue weighted by Gasteiger charge is 2.20. The standard InChI is InChI=1S/C21H19N5OS2/c22-18(27)13-28-21-25-24-20(26(21)12-14-7-3-1-4-8-14)16-11-17(29-19(16)23)15-9-5-2-6-10-15/h1-11H,12-13,23H2,(H2,22,27). The van der Waals surface area contributed by atoms with Gasteiger partial charge >= 0.3 is 0 Å². The van der Waals surface area contributed by atoms with Crippen LogP contribution in [-0.4, -0.2) is 26.4 Å². The molecule has 0 saturated heterocycles. The lowest BCUT2D eigenvalue weighted by Crippen LogP contribution is -2.14. The van der Waals surface area contributed by atoms with E-state index in [4.69, 9.17) is 11.5 Å². The van der Waals surface area contributed by atoms with Crippen LogP contribution >= 0.6 is 23.1 Å². The zero-order valence-electron chi connectivity index (χ0n) is 15.5. The van der Waals surface area contributed by atoms with Crippen molar-refractivity contribution in [3.8, 4) is 21.8 Å². The van der Waals surface area contributed by atoms with Gasteiger partial charge in [-0.15, -0.1) is 21.5 Å². The van der Waals surface area contributed by atoms with Crippen LogP contribution in [0, 0.1) is 0 Å². The Morgan fingerprint density at radius 3 is 2.41 bits per heavy atom. The molecule has 0 bridgehead atoms. The molecule has 0 unspecified atom stereocenters. The highest BCUT2D eigenvalue weighted by atomic mass is 32.2. The lowest BCUT2D eigenvalue weighted by molar-refractivity contribution is -0.115. The van der Waals surface area contributed by atoms with Crippen molar-refractivity contribution in [1.29, 1.82) is 0 Å². The molecular formula is C21H19N5OS2. The molecule has 4 N–H and O–H groups in total. The Kier molecular flexibility index (Phi) is 5.64. The second-order valence-electron chi connectivity index (χ2n) is 6.39. The number of nitrogen functional groups attached to an aromatic ring is 1. The number of hydrogen-bond acceptors (Lipinski definition) is 6. The highest BCUT2D eigenvalue weighted by molar-refractivity contribution is 7.99. The average molecular weight is 422 g/mol. The van der Waals surface area contributed by atoms with E-state index < -0.39 is 5.91 Å². The minimum Gasteiger partial charge on any atom is -0.390 e. The zero-order chi connectivity index (χ0) is 20.2. The van der Waals surface area contributed by atoms with Crippen LogP contribution in [0.3, 0.4) is 0 Å². The van der Waals surface area contributed by atoms with Crippen molar-refractivity contribution in [3.05, 3.63) is 72.3 Å². The Hall–Kier alpha value is -3.10. The largest absolute Gasteiger partial charge is 0.390 e. The van der Waals surface area contributed by atoms with Crippen molar-refractivity contribution >= 4 is 34.0 Å². The van der Waals surface area contributed by atoms with Gasteiger partial charge in [0.05, 0.1) is 22.9 Å². The van der Waals surface area contributed by atoms with E-state index in [2.05, 4.69) is 22.3 Å². The minimum atomic E-state index is -0.396. The first-order chi connectivity index (χ1) is 14.1. The molecule has 0 atom stereocenters. The smallest absolute Gasteiger partial charge is 0.227 e. The van der Waals surface area contributed by atoms with Gasteiger partial charge < -0.3 is 11.5 Å². The number of aromatic nitrogens is 3. The summed E-state index contributed by atoms with van der Waals surface area (Å²) in [4.78, 5) is 12.3. The Labute approximate surface area is 176 Å². The number of thioether (sulfide) groups is 1. The summed E-state index contributed by atoms with van der Waals surface area (Å²) < 4.78 is 1.98. The summed E-state index contributed by atoms with van der Waals surface area (Å²) >= 11 is 2.80. The predicted molar refractivity (Wildman–Crippen MR) is 119 cm³/mol. The van der Waals surface area contributed by atoms with Crippen LogP contribution in [0.15, 0.2) is 71.9 Å². The molecule has 146 valence electrons. The third-order valence-electron chi connectivity index (χ3n) is 4.30. The molecule has 4 rings (SSSR count).